The van der Waals surface area contributed by atoms with Gasteiger partial charge in [-0.1, -0.05) is 0 Å². The second kappa shape index (κ2) is 9.20. The molecule has 1 saturated heterocycles. The number of fused-ring (bicyclic) bond motifs is 2. The number of ether oxygens (including phenoxy) is 3. The van der Waals surface area contributed by atoms with E-state index in [-0.39, 0.29) is 18.5 Å². The molecule has 0 aliphatic carbocycles. The molecule has 1 aromatic heterocycles. The lowest BCUT2D eigenvalue weighted by Crippen LogP contribution is -2.45. The Kier molecular flexibility index (Phi) is 6.40. The summed E-state index contributed by atoms with van der Waals surface area (Å²) < 4.78 is 16.5. The minimum absolute atomic E-state index is 0.127. The summed E-state index contributed by atoms with van der Waals surface area (Å²) in [5.41, 5.74) is 1.26. The zero-order chi connectivity index (χ0) is 21.1. The fourth-order valence-corrected chi connectivity index (χ4v) is 3.89. The summed E-state index contributed by atoms with van der Waals surface area (Å²) in [7, 11) is 4.04. The number of H-pyrrole nitrogens is 1. The predicted octanol–water partition coefficient (Wildman–Crippen LogP) is 1.67. The van der Waals surface area contributed by atoms with Crippen molar-refractivity contribution in [1.29, 1.82) is 0 Å². The molecule has 2 aliphatic rings. The topological polar surface area (TPSA) is 79.1 Å². The monoisotopic (exact) mass is 432 g/mol. The first-order chi connectivity index (χ1) is 14.5. The molecule has 0 unspecified atom stereocenters. The number of nitrogens with zero attached hydrogens (tertiary/aromatic N) is 2. The molecule has 0 spiro atoms. The lowest BCUT2D eigenvalue weighted by Gasteiger charge is -2.28. The van der Waals surface area contributed by atoms with Gasteiger partial charge in [0.2, 0.25) is 6.79 Å². The number of benzene rings is 1. The first-order valence-electron chi connectivity index (χ1n) is 10.2. The highest BCUT2D eigenvalue weighted by molar-refractivity contribution is 7.80. The van der Waals surface area contributed by atoms with Gasteiger partial charge in [0.25, 0.3) is 5.56 Å². The van der Waals surface area contributed by atoms with Crippen LogP contribution in [-0.2, 0) is 11.3 Å². The summed E-state index contributed by atoms with van der Waals surface area (Å²) in [6.07, 6.45) is 2.34. The fourth-order valence-electron chi connectivity index (χ4n) is 3.66. The van der Waals surface area contributed by atoms with Gasteiger partial charge in [0, 0.05) is 43.3 Å². The van der Waals surface area contributed by atoms with Crippen molar-refractivity contribution < 1.29 is 14.2 Å². The van der Waals surface area contributed by atoms with Crippen molar-refractivity contribution in [3.8, 4) is 11.5 Å². The van der Waals surface area contributed by atoms with Crippen molar-refractivity contribution in [2.75, 3.05) is 47.1 Å². The minimum atomic E-state index is -0.127. The highest BCUT2D eigenvalue weighted by atomic mass is 32.1. The standard InChI is InChI=1S/C21H28N4O4S/c1-24(2)5-6-25(21(30)22-11-16-4-3-7-27-16)12-15-8-14-9-18-19(29-13-28-18)10-17(14)23-20(15)26/h8-10,16H,3-7,11-13H2,1-2H3,(H,22,30)(H,23,26)/t16-/m1/s1. The summed E-state index contributed by atoms with van der Waals surface area (Å²) in [5.74, 6) is 1.34. The maximum Gasteiger partial charge on any atom is 0.253 e. The van der Waals surface area contributed by atoms with Crippen LogP contribution in [0.15, 0.2) is 23.0 Å². The van der Waals surface area contributed by atoms with Gasteiger partial charge in [-0.3, -0.25) is 4.79 Å². The third-order valence-electron chi connectivity index (χ3n) is 5.38. The second-order valence-electron chi connectivity index (χ2n) is 7.96. The molecule has 4 rings (SSSR count). The van der Waals surface area contributed by atoms with Crippen LogP contribution in [0.3, 0.4) is 0 Å². The lowest BCUT2D eigenvalue weighted by molar-refractivity contribution is 0.113. The second-order valence-corrected chi connectivity index (χ2v) is 8.35. The molecule has 0 radical (unpaired) electrons. The van der Waals surface area contributed by atoms with Crippen molar-refractivity contribution in [3.63, 3.8) is 0 Å². The average molecular weight is 433 g/mol. The molecule has 2 aliphatic heterocycles. The van der Waals surface area contributed by atoms with E-state index in [1.165, 1.54) is 0 Å². The molecule has 2 aromatic rings. The number of aromatic nitrogens is 1. The predicted molar refractivity (Wildman–Crippen MR) is 119 cm³/mol. The highest BCUT2D eigenvalue weighted by Crippen LogP contribution is 2.35. The molecular weight excluding hydrogens is 404 g/mol. The Morgan fingerprint density at radius 3 is 2.77 bits per heavy atom. The fraction of sp³-hybridized carbons (Fsp3) is 0.524. The van der Waals surface area contributed by atoms with E-state index in [1.54, 1.807) is 6.07 Å². The molecule has 2 N–H and O–H groups in total. The van der Waals surface area contributed by atoms with Gasteiger partial charge in [-0.05, 0) is 51.3 Å². The summed E-state index contributed by atoms with van der Waals surface area (Å²) in [5, 5.41) is 4.86. The summed E-state index contributed by atoms with van der Waals surface area (Å²) >= 11 is 5.66. The van der Waals surface area contributed by atoms with Crippen LogP contribution in [0.5, 0.6) is 11.5 Å². The summed E-state index contributed by atoms with van der Waals surface area (Å²) in [6.45, 7) is 3.66. The quantitative estimate of drug-likeness (QED) is 0.640. The highest BCUT2D eigenvalue weighted by Gasteiger charge is 2.19. The van der Waals surface area contributed by atoms with Crippen LogP contribution in [-0.4, -0.2) is 73.1 Å². The Balaban J connectivity index is 1.52. The molecule has 0 saturated carbocycles. The van der Waals surface area contributed by atoms with Crippen molar-refractivity contribution in [2.24, 2.45) is 0 Å². The molecule has 1 fully saturated rings. The molecule has 8 nitrogen and oxygen atoms in total. The number of hydrogen-bond donors (Lipinski definition) is 2. The normalized spacial score (nSPS) is 17.6. The van der Waals surface area contributed by atoms with Crippen molar-refractivity contribution in [1.82, 2.24) is 20.1 Å². The SMILES string of the molecule is CN(C)CCN(Cc1cc2cc3c(cc2[nH]c1=O)OCO3)C(=S)NC[C@H]1CCCO1. The van der Waals surface area contributed by atoms with Crippen LogP contribution in [0, 0.1) is 0 Å². The molecule has 0 bridgehead atoms. The Bertz CT molecular complexity index is 971. The maximum atomic E-state index is 12.7. The van der Waals surface area contributed by atoms with Crippen LogP contribution in [0.1, 0.15) is 18.4 Å². The number of thiocarbonyl (C=S) groups is 1. The van der Waals surface area contributed by atoms with E-state index < -0.39 is 0 Å². The molecule has 0 amide bonds. The molecule has 3 heterocycles. The third kappa shape index (κ3) is 4.85. The smallest absolute Gasteiger partial charge is 0.253 e. The van der Waals surface area contributed by atoms with Crippen molar-refractivity contribution >= 4 is 28.2 Å². The third-order valence-corrected chi connectivity index (χ3v) is 5.79. The number of nitrogens with one attached hydrogen (secondary N) is 2. The van der Waals surface area contributed by atoms with Crippen LogP contribution < -0.4 is 20.3 Å². The molecular formula is C21H28N4O4S. The number of hydrogen-bond acceptors (Lipinski definition) is 6. The first-order valence-corrected chi connectivity index (χ1v) is 10.6. The zero-order valence-corrected chi connectivity index (χ0v) is 18.2. The number of aromatic amines is 1. The average Bonchev–Trinajstić information content (AvgIpc) is 3.39. The van der Waals surface area contributed by atoms with Crippen molar-refractivity contribution in [2.45, 2.75) is 25.5 Å². The van der Waals surface area contributed by atoms with E-state index >= 15 is 0 Å². The van der Waals surface area contributed by atoms with Crippen LogP contribution in [0.2, 0.25) is 0 Å². The van der Waals surface area contributed by atoms with Gasteiger partial charge >= 0.3 is 0 Å². The Labute approximate surface area is 181 Å². The van der Waals surface area contributed by atoms with E-state index in [4.69, 9.17) is 26.4 Å². The maximum absolute atomic E-state index is 12.7. The number of likely N-dealkylation sites (N-methyl/N-ethyl adjacent to an activating group) is 1. The Hall–Kier alpha value is -2.36. The van der Waals surface area contributed by atoms with Crippen LogP contribution in [0.25, 0.3) is 10.9 Å². The van der Waals surface area contributed by atoms with Gasteiger partial charge in [-0.15, -0.1) is 0 Å². The number of pyridine rings is 1. The van der Waals surface area contributed by atoms with Gasteiger partial charge in [-0.2, -0.15) is 0 Å². The van der Waals surface area contributed by atoms with E-state index in [2.05, 4.69) is 15.2 Å². The van der Waals surface area contributed by atoms with E-state index in [0.717, 1.165) is 36.9 Å². The molecule has 1 atom stereocenters. The van der Waals surface area contributed by atoms with Gasteiger partial charge in [0.05, 0.1) is 18.2 Å². The zero-order valence-electron chi connectivity index (χ0n) is 17.4. The molecule has 9 heteroatoms. The summed E-state index contributed by atoms with van der Waals surface area (Å²) in [6, 6.07) is 5.61. The Morgan fingerprint density at radius 2 is 2.03 bits per heavy atom. The van der Waals surface area contributed by atoms with Crippen LogP contribution >= 0.6 is 12.2 Å². The van der Waals surface area contributed by atoms with Gasteiger partial charge < -0.3 is 34.3 Å². The van der Waals surface area contributed by atoms with Gasteiger partial charge in [0.1, 0.15) is 0 Å². The van der Waals surface area contributed by atoms with Crippen LogP contribution in [0.4, 0.5) is 0 Å². The van der Waals surface area contributed by atoms with Crippen molar-refractivity contribution in [3.05, 3.63) is 34.1 Å². The Morgan fingerprint density at radius 1 is 1.23 bits per heavy atom. The van der Waals surface area contributed by atoms with E-state index in [1.807, 2.05) is 31.1 Å². The first kappa shape index (κ1) is 20.9. The molecule has 162 valence electrons. The van der Waals surface area contributed by atoms with E-state index in [0.29, 0.717) is 41.8 Å². The van der Waals surface area contributed by atoms with Gasteiger partial charge in [-0.25, -0.2) is 0 Å². The largest absolute Gasteiger partial charge is 0.454 e. The number of rotatable bonds is 7. The minimum Gasteiger partial charge on any atom is -0.454 e. The summed E-state index contributed by atoms with van der Waals surface area (Å²) in [4.78, 5) is 19.8. The molecule has 30 heavy (non-hydrogen) atoms. The van der Waals surface area contributed by atoms with E-state index in [9.17, 15) is 4.79 Å². The molecule has 1 aromatic carbocycles. The lowest BCUT2D eigenvalue weighted by atomic mass is 10.1. The van der Waals surface area contributed by atoms with Gasteiger partial charge in [0.15, 0.2) is 16.6 Å².